The van der Waals surface area contributed by atoms with E-state index >= 15 is 0 Å². The van der Waals surface area contributed by atoms with Gasteiger partial charge in [-0.1, -0.05) is 38.7 Å². The summed E-state index contributed by atoms with van der Waals surface area (Å²) < 4.78 is 12.3. The second-order valence-electron chi connectivity index (χ2n) is 4.08. The molecular weight excluding hydrogens is 360 g/mol. The molecule has 21 heavy (non-hydrogen) atoms. The zero-order valence-electron chi connectivity index (χ0n) is 10.5. The molecule has 3 rings (SSSR count). The quantitative estimate of drug-likeness (QED) is 0.701. The van der Waals surface area contributed by atoms with Crippen LogP contribution < -0.4 is 10.5 Å². The highest BCUT2D eigenvalue weighted by atomic mass is 79.9. The summed E-state index contributed by atoms with van der Waals surface area (Å²) >= 11 is 9.12. The first kappa shape index (κ1) is 13.9. The first-order valence-corrected chi connectivity index (χ1v) is 7.08. The number of aromatic nitrogens is 2. The number of benzene rings is 2. The summed E-state index contributed by atoms with van der Waals surface area (Å²) in [5.41, 5.74) is 0.573. The van der Waals surface area contributed by atoms with Crippen LogP contribution in [0.25, 0.3) is 5.69 Å². The lowest BCUT2D eigenvalue weighted by Crippen LogP contribution is -2.13. The Morgan fingerprint density at radius 2 is 1.95 bits per heavy atom. The Labute approximate surface area is 132 Å². The van der Waals surface area contributed by atoms with Crippen molar-refractivity contribution in [2.45, 2.75) is 0 Å². The lowest BCUT2D eigenvalue weighted by molar-refractivity contribution is 0.320. The molecule has 0 amide bonds. The minimum Gasteiger partial charge on any atom is -0.410 e. The van der Waals surface area contributed by atoms with Crippen molar-refractivity contribution < 1.29 is 9.15 Å². The molecule has 0 aliphatic carbocycles. The average Bonchev–Trinajstić information content (AvgIpc) is 2.82. The van der Waals surface area contributed by atoms with Crippen molar-refractivity contribution >= 4 is 27.5 Å². The van der Waals surface area contributed by atoms with Crippen LogP contribution in [0.4, 0.5) is 0 Å². The standard InChI is InChI=1S/C14H8BrClN2O3/c15-9-2-1-3-11(8-9)18-14(19)21-13(17-18)20-12-6-4-10(16)5-7-12/h1-8H. The number of rotatable bonds is 3. The Morgan fingerprint density at radius 1 is 1.19 bits per heavy atom. The van der Waals surface area contributed by atoms with E-state index in [2.05, 4.69) is 21.0 Å². The molecule has 0 spiro atoms. The smallest absolute Gasteiger partial charge is 0.410 e. The van der Waals surface area contributed by atoms with Crippen molar-refractivity contribution in [2.24, 2.45) is 0 Å². The summed E-state index contributed by atoms with van der Waals surface area (Å²) in [7, 11) is 0. The van der Waals surface area contributed by atoms with Crippen LogP contribution in [0.15, 0.2) is 62.2 Å². The molecule has 0 atom stereocenters. The Hall–Kier alpha value is -2.05. The first-order valence-electron chi connectivity index (χ1n) is 5.91. The fraction of sp³-hybridized carbons (Fsp3) is 0. The highest BCUT2D eigenvalue weighted by Crippen LogP contribution is 2.21. The molecule has 2 aromatic carbocycles. The lowest BCUT2D eigenvalue weighted by atomic mass is 10.3. The number of halogens is 2. The van der Waals surface area contributed by atoms with Gasteiger partial charge in [-0.25, -0.2) is 4.79 Å². The summed E-state index contributed by atoms with van der Waals surface area (Å²) in [6.45, 7) is 0. The van der Waals surface area contributed by atoms with Gasteiger partial charge in [0.25, 0.3) is 0 Å². The minimum atomic E-state index is -0.628. The van der Waals surface area contributed by atoms with Crippen LogP contribution in [-0.4, -0.2) is 9.78 Å². The fourth-order valence-corrected chi connectivity index (χ4v) is 2.19. The Bertz CT molecular complexity index is 827. The van der Waals surface area contributed by atoms with Crippen molar-refractivity contribution in [3.8, 4) is 17.5 Å². The average molecular weight is 368 g/mol. The molecule has 0 unspecified atom stereocenters. The van der Waals surface area contributed by atoms with E-state index in [1.165, 1.54) is 0 Å². The molecule has 0 aliphatic heterocycles. The molecular formula is C14H8BrClN2O3. The first-order chi connectivity index (χ1) is 10.1. The fourth-order valence-electron chi connectivity index (χ4n) is 1.68. The van der Waals surface area contributed by atoms with Gasteiger partial charge in [0.05, 0.1) is 5.69 Å². The molecule has 0 saturated heterocycles. The van der Waals surface area contributed by atoms with Gasteiger partial charge in [-0.15, -0.1) is 0 Å². The van der Waals surface area contributed by atoms with Crippen molar-refractivity contribution in [3.63, 3.8) is 0 Å². The monoisotopic (exact) mass is 366 g/mol. The van der Waals surface area contributed by atoms with E-state index in [1.807, 2.05) is 6.07 Å². The zero-order chi connectivity index (χ0) is 14.8. The van der Waals surface area contributed by atoms with Gasteiger partial charge in [0, 0.05) is 9.50 Å². The molecule has 5 nitrogen and oxygen atoms in total. The Kier molecular flexibility index (Phi) is 3.81. The van der Waals surface area contributed by atoms with E-state index in [-0.39, 0.29) is 6.08 Å². The summed E-state index contributed by atoms with van der Waals surface area (Å²) in [5, 5.41) is 4.59. The molecule has 106 valence electrons. The van der Waals surface area contributed by atoms with Crippen LogP contribution in [0.2, 0.25) is 5.02 Å². The summed E-state index contributed by atoms with van der Waals surface area (Å²) in [4.78, 5) is 11.8. The largest absolute Gasteiger partial charge is 0.444 e. The van der Waals surface area contributed by atoms with E-state index in [0.717, 1.165) is 9.15 Å². The van der Waals surface area contributed by atoms with Gasteiger partial charge in [0.2, 0.25) is 0 Å². The van der Waals surface area contributed by atoms with E-state index in [4.69, 9.17) is 20.8 Å². The second kappa shape index (κ2) is 5.75. The van der Waals surface area contributed by atoms with Crippen LogP contribution >= 0.6 is 27.5 Å². The van der Waals surface area contributed by atoms with Gasteiger partial charge in [-0.3, -0.25) is 0 Å². The lowest BCUT2D eigenvalue weighted by Gasteiger charge is -1.99. The number of hydrogen-bond acceptors (Lipinski definition) is 4. The van der Waals surface area contributed by atoms with Gasteiger partial charge in [0.1, 0.15) is 5.75 Å². The predicted molar refractivity (Wildman–Crippen MR) is 81.3 cm³/mol. The molecule has 0 N–H and O–H groups in total. The molecule has 0 saturated carbocycles. The zero-order valence-corrected chi connectivity index (χ0v) is 12.8. The van der Waals surface area contributed by atoms with Crippen LogP contribution in [-0.2, 0) is 0 Å². The van der Waals surface area contributed by atoms with E-state index in [9.17, 15) is 4.79 Å². The number of ether oxygens (including phenoxy) is 1. The summed E-state index contributed by atoms with van der Waals surface area (Å²) in [6, 6.07) is 13.8. The number of hydrogen-bond donors (Lipinski definition) is 0. The summed E-state index contributed by atoms with van der Waals surface area (Å²) in [5.74, 6) is -0.154. The van der Waals surface area contributed by atoms with Gasteiger partial charge in [0.15, 0.2) is 0 Å². The van der Waals surface area contributed by atoms with E-state index < -0.39 is 5.76 Å². The van der Waals surface area contributed by atoms with Crippen molar-refractivity contribution in [1.29, 1.82) is 0 Å². The second-order valence-corrected chi connectivity index (χ2v) is 5.43. The highest BCUT2D eigenvalue weighted by Gasteiger charge is 2.12. The SMILES string of the molecule is O=c1oc(Oc2ccc(Cl)cc2)nn1-c1cccc(Br)c1. The Morgan fingerprint density at radius 3 is 2.67 bits per heavy atom. The molecule has 7 heteroatoms. The predicted octanol–water partition coefficient (Wildman–Crippen LogP) is 4.03. The van der Waals surface area contributed by atoms with Crippen molar-refractivity contribution in [1.82, 2.24) is 9.78 Å². The molecule has 1 aromatic heterocycles. The normalized spacial score (nSPS) is 10.6. The van der Waals surface area contributed by atoms with Gasteiger partial charge in [-0.2, -0.15) is 4.68 Å². The molecule has 1 heterocycles. The maximum atomic E-state index is 11.8. The third-order valence-corrected chi connectivity index (χ3v) is 3.35. The van der Waals surface area contributed by atoms with Crippen LogP contribution in [0.1, 0.15) is 0 Å². The van der Waals surface area contributed by atoms with Crippen molar-refractivity contribution in [2.75, 3.05) is 0 Å². The Balaban J connectivity index is 1.91. The van der Waals surface area contributed by atoms with Crippen LogP contribution in [0.5, 0.6) is 11.8 Å². The van der Waals surface area contributed by atoms with E-state index in [0.29, 0.717) is 16.5 Å². The van der Waals surface area contributed by atoms with Gasteiger partial charge >= 0.3 is 11.8 Å². The van der Waals surface area contributed by atoms with E-state index in [1.54, 1.807) is 42.5 Å². The third-order valence-electron chi connectivity index (χ3n) is 2.60. The molecule has 0 bridgehead atoms. The van der Waals surface area contributed by atoms with Crippen LogP contribution in [0, 0.1) is 0 Å². The number of nitrogens with zero attached hydrogens (tertiary/aromatic N) is 2. The maximum absolute atomic E-state index is 11.8. The minimum absolute atomic E-state index is 0.137. The molecule has 3 aromatic rings. The van der Waals surface area contributed by atoms with Gasteiger partial charge in [-0.05, 0) is 42.5 Å². The highest BCUT2D eigenvalue weighted by molar-refractivity contribution is 9.10. The maximum Gasteiger partial charge on any atom is 0.444 e. The van der Waals surface area contributed by atoms with Crippen LogP contribution in [0.3, 0.4) is 0 Å². The van der Waals surface area contributed by atoms with Crippen molar-refractivity contribution in [3.05, 3.63) is 68.6 Å². The third kappa shape index (κ3) is 3.17. The molecule has 0 aliphatic rings. The van der Waals surface area contributed by atoms with Gasteiger partial charge < -0.3 is 9.15 Å². The molecule has 0 fully saturated rings. The summed E-state index contributed by atoms with van der Waals surface area (Å²) in [6.07, 6.45) is -0.137. The topological polar surface area (TPSA) is 57.3 Å². The molecule has 0 radical (unpaired) electrons.